The first-order valence-corrected chi connectivity index (χ1v) is 7.92. The minimum Gasteiger partial charge on any atom is -0.351 e. The number of aromatic nitrogens is 2. The second-order valence-electron chi connectivity index (χ2n) is 5.47. The number of anilines is 2. The van der Waals surface area contributed by atoms with Crippen molar-refractivity contribution in [2.24, 2.45) is 5.92 Å². The highest BCUT2D eigenvalue weighted by Gasteiger charge is 2.26. The zero-order valence-corrected chi connectivity index (χ0v) is 13.0. The van der Waals surface area contributed by atoms with Crippen LogP contribution in [0, 0.1) is 5.92 Å². The summed E-state index contributed by atoms with van der Waals surface area (Å²) in [4.78, 5) is 24.8. The molecule has 0 saturated carbocycles. The van der Waals surface area contributed by atoms with Gasteiger partial charge in [0, 0.05) is 36.8 Å². The van der Waals surface area contributed by atoms with Crippen molar-refractivity contribution < 1.29 is 4.79 Å². The molecule has 1 aliphatic rings. The largest absolute Gasteiger partial charge is 0.351 e. The van der Waals surface area contributed by atoms with E-state index in [0.29, 0.717) is 18.4 Å². The first-order chi connectivity index (χ1) is 10.1. The number of thiophene rings is 1. The molecule has 2 aromatic rings. The van der Waals surface area contributed by atoms with Gasteiger partial charge in [0.1, 0.15) is 0 Å². The molecule has 110 valence electrons. The monoisotopic (exact) mass is 302 g/mol. The van der Waals surface area contributed by atoms with Gasteiger partial charge in [-0.2, -0.15) is 0 Å². The average Bonchev–Trinajstić information content (AvgIpc) is 3.05. The Morgan fingerprint density at radius 3 is 2.90 bits per heavy atom. The molecule has 0 radical (unpaired) electrons. The Morgan fingerprint density at radius 1 is 1.43 bits per heavy atom. The fourth-order valence-corrected chi connectivity index (χ4v) is 3.36. The molecule has 1 N–H and O–H groups in total. The van der Waals surface area contributed by atoms with E-state index in [2.05, 4.69) is 34.0 Å². The van der Waals surface area contributed by atoms with Crippen molar-refractivity contribution in [1.82, 2.24) is 15.3 Å². The van der Waals surface area contributed by atoms with Crippen molar-refractivity contribution in [2.45, 2.75) is 20.3 Å². The number of nitrogens with zero attached hydrogens (tertiary/aromatic N) is 3. The van der Waals surface area contributed by atoms with Gasteiger partial charge in [-0.25, -0.2) is 9.97 Å². The highest BCUT2D eigenvalue weighted by Crippen LogP contribution is 2.38. The molecule has 0 fully saturated rings. The topological polar surface area (TPSA) is 58.1 Å². The summed E-state index contributed by atoms with van der Waals surface area (Å²) in [5.74, 6) is 1.16. The molecule has 5 nitrogen and oxygen atoms in total. The average molecular weight is 302 g/mol. The maximum atomic E-state index is 12.1. The van der Waals surface area contributed by atoms with Gasteiger partial charge in [0.15, 0.2) is 0 Å². The first kappa shape index (κ1) is 14.0. The van der Waals surface area contributed by atoms with Crippen LogP contribution in [0.25, 0.3) is 0 Å². The van der Waals surface area contributed by atoms with Crippen LogP contribution in [0.5, 0.6) is 0 Å². The lowest BCUT2D eigenvalue weighted by molar-refractivity contribution is 0.0953. The minimum atomic E-state index is 0.0111. The second kappa shape index (κ2) is 5.81. The Morgan fingerprint density at radius 2 is 2.19 bits per heavy atom. The zero-order chi connectivity index (χ0) is 14.8. The Bertz CT molecular complexity index is 638. The lowest BCUT2D eigenvalue weighted by atomic mass is 10.2. The van der Waals surface area contributed by atoms with Gasteiger partial charge in [-0.05, 0) is 18.1 Å². The van der Waals surface area contributed by atoms with Crippen LogP contribution in [-0.4, -0.2) is 29.0 Å². The Hall–Kier alpha value is -1.95. The highest BCUT2D eigenvalue weighted by molar-refractivity contribution is 7.14. The van der Waals surface area contributed by atoms with Crippen LogP contribution < -0.4 is 10.2 Å². The molecule has 0 saturated heterocycles. The van der Waals surface area contributed by atoms with E-state index in [4.69, 9.17) is 0 Å². The van der Waals surface area contributed by atoms with Gasteiger partial charge in [-0.3, -0.25) is 4.79 Å². The lowest BCUT2D eigenvalue weighted by Crippen LogP contribution is -2.26. The van der Waals surface area contributed by atoms with Crippen LogP contribution in [0.1, 0.15) is 28.4 Å². The molecule has 0 aromatic carbocycles. The third-order valence-electron chi connectivity index (χ3n) is 3.33. The van der Waals surface area contributed by atoms with Crippen molar-refractivity contribution in [3.8, 4) is 0 Å². The second-order valence-corrected chi connectivity index (χ2v) is 6.61. The number of hydrogen-bond donors (Lipinski definition) is 1. The van der Waals surface area contributed by atoms with Crippen molar-refractivity contribution in [3.63, 3.8) is 0 Å². The maximum absolute atomic E-state index is 12.1. The summed E-state index contributed by atoms with van der Waals surface area (Å²) in [6.07, 6.45) is 4.42. The third kappa shape index (κ3) is 2.90. The van der Waals surface area contributed by atoms with Gasteiger partial charge in [0.2, 0.25) is 5.95 Å². The zero-order valence-electron chi connectivity index (χ0n) is 12.2. The molecular formula is C15H18N4OS. The summed E-state index contributed by atoms with van der Waals surface area (Å²) in [5.41, 5.74) is 1.07. The molecule has 0 unspecified atom stereocenters. The lowest BCUT2D eigenvalue weighted by Gasteiger charge is -2.15. The predicted octanol–water partition coefficient (Wildman–Crippen LogP) is 2.62. The van der Waals surface area contributed by atoms with Gasteiger partial charge in [0.05, 0.1) is 10.6 Å². The molecule has 0 atom stereocenters. The van der Waals surface area contributed by atoms with Crippen molar-refractivity contribution >= 4 is 28.9 Å². The molecule has 6 heteroatoms. The van der Waals surface area contributed by atoms with Gasteiger partial charge >= 0.3 is 0 Å². The van der Waals surface area contributed by atoms with Crippen LogP contribution in [0.2, 0.25) is 0 Å². The molecule has 1 aliphatic heterocycles. The molecule has 3 heterocycles. The van der Waals surface area contributed by atoms with E-state index in [0.717, 1.165) is 23.5 Å². The smallest absolute Gasteiger partial charge is 0.261 e. The molecule has 3 rings (SSSR count). The van der Waals surface area contributed by atoms with Crippen LogP contribution in [0.4, 0.5) is 11.6 Å². The molecule has 0 aliphatic carbocycles. The van der Waals surface area contributed by atoms with E-state index < -0.39 is 0 Å². The van der Waals surface area contributed by atoms with Gasteiger partial charge in [-0.1, -0.05) is 13.8 Å². The van der Waals surface area contributed by atoms with Crippen LogP contribution >= 0.6 is 11.3 Å². The number of carbonyl (C=O) groups is 1. The number of amides is 1. The quantitative estimate of drug-likeness (QED) is 0.943. The van der Waals surface area contributed by atoms with E-state index >= 15 is 0 Å². The van der Waals surface area contributed by atoms with Crippen molar-refractivity contribution in [2.75, 3.05) is 18.0 Å². The van der Waals surface area contributed by atoms with Gasteiger partial charge < -0.3 is 10.2 Å². The van der Waals surface area contributed by atoms with E-state index in [1.165, 1.54) is 4.88 Å². The summed E-state index contributed by atoms with van der Waals surface area (Å²) < 4.78 is 0. The highest BCUT2D eigenvalue weighted by atomic mass is 32.1. The van der Waals surface area contributed by atoms with Crippen LogP contribution in [0.15, 0.2) is 24.5 Å². The number of fused-ring (bicyclic) bond motifs is 1. The Kier molecular flexibility index (Phi) is 3.88. The summed E-state index contributed by atoms with van der Waals surface area (Å²) in [6.45, 7) is 5.75. The number of nitrogens with one attached hydrogen (secondary N) is 1. The molecule has 2 aromatic heterocycles. The van der Waals surface area contributed by atoms with E-state index in [9.17, 15) is 4.79 Å². The fraction of sp³-hybridized carbons (Fsp3) is 0.400. The van der Waals surface area contributed by atoms with Crippen molar-refractivity contribution in [1.29, 1.82) is 0 Å². The first-order valence-electron chi connectivity index (χ1n) is 7.10. The van der Waals surface area contributed by atoms with Gasteiger partial charge in [0.25, 0.3) is 5.91 Å². The predicted molar refractivity (Wildman–Crippen MR) is 84.2 cm³/mol. The summed E-state index contributed by atoms with van der Waals surface area (Å²) in [5, 5.41) is 2.96. The van der Waals surface area contributed by atoms with Crippen LogP contribution in [-0.2, 0) is 6.42 Å². The van der Waals surface area contributed by atoms with Crippen LogP contribution in [0.3, 0.4) is 0 Å². The third-order valence-corrected chi connectivity index (χ3v) is 4.51. The standard InChI is InChI=1S/C15H18N4OS/c1-10(2)9-18-14(20)13-8-11-12(21-13)4-7-19(11)15-16-5-3-6-17-15/h3,5-6,8,10H,4,7,9H2,1-2H3,(H,18,20). The number of hydrogen-bond acceptors (Lipinski definition) is 5. The summed E-state index contributed by atoms with van der Waals surface area (Å²) in [7, 11) is 0. The number of rotatable bonds is 4. The Labute approximate surface area is 128 Å². The van der Waals surface area contributed by atoms with Crippen molar-refractivity contribution in [3.05, 3.63) is 34.3 Å². The van der Waals surface area contributed by atoms with E-state index in [1.54, 1.807) is 29.8 Å². The molecule has 0 bridgehead atoms. The Balaban J connectivity index is 1.79. The van der Waals surface area contributed by atoms with Gasteiger partial charge in [-0.15, -0.1) is 11.3 Å². The van der Waals surface area contributed by atoms with E-state index in [1.807, 2.05) is 6.07 Å². The molecule has 21 heavy (non-hydrogen) atoms. The fourth-order valence-electron chi connectivity index (χ4n) is 2.29. The molecular weight excluding hydrogens is 284 g/mol. The SMILES string of the molecule is CC(C)CNC(=O)c1cc2c(s1)CCN2c1ncccn1. The minimum absolute atomic E-state index is 0.0111. The summed E-state index contributed by atoms with van der Waals surface area (Å²) >= 11 is 1.57. The number of carbonyl (C=O) groups excluding carboxylic acids is 1. The van der Waals surface area contributed by atoms with E-state index in [-0.39, 0.29) is 5.91 Å². The normalized spacial score (nSPS) is 13.6. The molecule has 1 amide bonds. The maximum Gasteiger partial charge on any atom is 0.261 e. The molecule has 0 spiro atoms. The summed E-state index contributed by atoms with van der Waals surface area (Å²) in [6, 6.07) is 3.76.